The van der Waals surface area contributed by atoms with Crippen LogP contribution in [0, 0.1) is 0 Å². The molecule has 5 heteroatoms. The first-order chi connectivity index (χ1) is 12.1. The molecule has 0 amide bonds. The molecular formula is C20H31ClO3S. The van der Waals surface area contributed by atoms with Crippen molar-refractivity contribution in [2.24, 2.45) is 0 Å². The van der Waals surface area contributed by atoms with Gasteiger partial charge in [0, 0.05) is 6.42 Å². The number of halogens is 1. The maximum atomic E-state index is 12.2. The molecule has 1 unspecified atom stereocenters. The first-order valence-electron chi connectivity index (χ1n) is 9.46. The number of rotatable bonds is 15. The number of benzene rings is 1. The third-order valence-corrected chi connectivity index (χ3v) is 6.25. The molecule has 142 valence electrons. The minimum atomic E-state index is -0.981. The molecule has 0 saturated carbocycles. The van der Waals surface area contributed by atoms with E-state index in [0.717, 1.165) is 37.0 Å². The van der Waals surface area contributed by atoms with Crippen molar-refractivity contribution in [1.29, 1.82) is 0 Å². The fraction of sp³-hybridized carbons (Fsp3) is 0.650. The Hall–Kier alpha value is -0.710. The number of carbonyl (C=O) groups is 1. The largest absolute Gasteiger partial charge is 0.611 e. The zero-order chi connectivity index (χ0) is 18.3. The molecule has 0 radical (unpaired) electrons. The molecule has 3 nitrogen and oxygen atoms in total. The molecule has 0 bridgehead atoms. The van der Waals surface area contributed by atoms with Gasteiger partial charge >= 0.3 is 5.97 Å². The van der Waals surface area contributed by atoms with Crippen LogP contribution in [-0.4, -0.2) is 21.4 Å². The van der Waals surface area contributed by atoms with Crippen LogP contribution in [0.2, 0.25) is 5.02 Å². The molecule has 0 heterocycles. The molecule has 0 spiro atoms. The van der Waals surface area contributed by atoms with Crippen LogP contribution in [0.15, 0.2) is 29.2 Å². The summed E-state index contributed by atoms with van der Waals surface area (Å²) in [7, 11) is 0. The van der Waals surface area contributed by atoms with E-state index in [4.69, 9.17) is 16.7 Å². The van der Waals surface area contributed by atoms with Crippen molar-refractivity contribution in [1.82, 2.24) is 0 Å². The van der Waals surface area contributed by atoms with Crippen molar-refractivity contribution < 1.29 is 14.5 Å². The van der Waals surface area contributed by atoms with Gasteiger partial charge in [-0.2, -0.15) is 0 Å². The fourth-order valence-corrected chi connectivity index (χ4v) is 4.44. The van der Waals surface area contributed by atoms with Crippen molar-refractivity contribution in [2.75, 3.05) is 5.75 Å². The lowest BCUT2D eigenvalue weighted by Crippen LogP contribution is -2.07. The van der Waals surface area contributed by atoms with E-state index in [0.29, 0.717) is 17.2 Å². The Bertz CT molecular complexity index is 482. The van der Waals surface area contributed by atoms with Crippen LogP contribution in [0.1, 0.15) is 77.0 Å². The van der Waals surface area contributed by atoms with Crippen LogP contribution in [0.3, 0.4) is 0 Å². The molecule has 1 N–H and O–H groups in total. The highest BCUT2D eigenvalue weighted by molar-refractivity contribution is 7.91. The second kappa shape index (κ2) is 14.5. The van der Waals surface area contributed by atoms with E-state index in [9.17, 15) is 9.35 Å². The van der Waals surface area contributed by atoms with Crippen molar-refractivity contribution >= 4 is 28.7 Å². The fourth-order valence-electron chi connectivity index (χ4n) is 2.84. The van der Waals surface area contributed by atoms with Crippen LogP contribution in [0.4, 0.5) is 0 Å². The first-order valence-corrected chi connectivity index (χ1v) is 11.2. The van der Waals surface area contributed by atoms with Crippen molar-refractivity contribution in [3.63, 3.8) is 0 Å². The normalized spacial score (nSPS) is 12.2. The summed E-state index contributed by atoms with van der Waals surface area (Å²) >= 11 is 5.08. The molecule has 1 aromatic rings. The predicted octanol–water partition coefficient (Wildman–Crippen LogP) is 6.21. The van der Waals surface area contributed by atoms with Crippen molar-refractivity contribution in [2.45, 2.75) is 81.9 Å². The average Bonchev–Trinajstić information content (AvgIpc) is 2.59. The van der Waals surface area contributed by atoms with E-state index in [2.05, 4.69) is 0 Å². The number of carboxylic acid groups (broad SMARTS) is 1. The lowest BCUT2D eigenvalue weighted by molar-refractivity contribution is -0.137. The third-order valence-electron chi connectivity index (χ3n) is 4.30. The minimum absolute atomic E-state index is 0.307. The van der Waals surface area contributed by atoms with Gasteiger partial charge in [0.05, 0.1) is 5.02 Å². The Balaban J connectivity index is 1.87. The molecule has 1 rings (SSSR count). The molecular weight excluding hydrogens is 356 g/mol. The Morgan fingerprint density at radius 3 is 1.88 bits per heavy atom. The van der Waals surface area contributed by atoms with Gasteiger partial charge in [-0.3, -0.25) is 4.79 Å². The Kier molecular flexibility index (Phi) is 12.9. The molecule has 1 aromatic carbocycles. The Morgan fingerprint density at radius 2 is 1.36 bits per heavy atom. The topological polar surface area (TPSA) is 60.4 Å². The molecule has 25 heavy (non-hydrogen) atoms. The summed E-state index contributed by atoms with van der Waals surface area (Å²) in [6.45, 7) is 0. The van der Waals surface area contributed by atoms with Gasteiger partial charge in [0.15, 0.2) is 4.90 Å². The maximum absolute atomic E-state index is 12.2. The summed E-state index contributed by atoms with van der Waals surface area (Å²) in [5, 5.41) is 9.15. The molecule has 0 fully saturated rings. The van der Waals surface area contributed by atoms with Crippen LogP contribution >= 0.6 is 11.6 Å². The average molecular weight is 387 g/mol. The highest BCUT2D eigenvalue weighted by Gasteiger charge is 2.13. The van der Waals surface area contributed by atoms with Gasteiger partial charge in [-0.25, -0.2) is 0 Å². The van der Waals surface area contributed by atoms with Crippen LogP contribution in [0.25, 0.3) is 0 Å². The van der Waals surface area contributed by atoms with E-state index in [1.165, 1.54) is 38.5 Å². The first kappa shape index (κ1) is 22.3. The van der Waals surface area contributed by atoms with Gasteiger partial charge in [-0.15, -0.1) is 0 Å². The van der Waals surface area contributed by atoms with E-state index in [1.54, 1.807) is 6.07 Å². The van der Waals surface area contributed by atoms with Gasteiger partial charge < -0.3 is 9.66 Å². The van der Waals surface area contributed by atoms with E-state index in [-0.39, 0.29) is 0 Å². The molecule has 0 aliphatic heterocycles. The summed E-state index contributed by atoms with van der Waals surface area (Å²) < 4.78 is 12.2. The number of aliphatic carboxylic acids is 1. The number of hydrogen-bond acceptors (Lipinski definition) is 2. The highest BCUT2D eigenvalue weighted by Crippen LogP contribution is 2.22. The smallest absolute Gasteiger partial charge is 0.303 e. The summed E-state index contributed by atoms with van der Waals surface area (Å²) in [5.74, 6) is 0.00998. The number of unbranched alkanes of at least 4 members (excludes halogenated alkanes) is 10. The summed E-state index contributed by atoms with van der Waals surface area (Å²) in [5.41, 5.74) is 0. The lowest BCUT2D eigenvalue weighted by atomic mass is 10.1. The van der Waals surface area contributed by atoms with E-state index >= 15 is 0 Å². The molecule has 0 aliphatic carbocycles. The zero-order valence-corrected chi connectivity index (χ0v) is 16.6. The second-order valence-electron chi connectivity index (χ2n) is 6.51. The Labute approximate surface area is 160 Å². The minimum Gasteiger partial charge on any atom is -0.611 e. The zero-order valence-electron chi connectivity index (χ0n) is 15.1. The summed E-state index contributed by atoms with van der Waals surface area (Å²) in [6, 6.07) is 7.38. The van der Waals surface area contributed by atoms with Crippen molar-refractivity contribution in [3.05, 3.63) is 29.3 Å². The molecule has 0 aromatic heterocycles. The third kappa shape index (κ3) is 11.5. The molecule has 1 atom stereocenters. The monoisotopic (exact) mass is 386 g/mol. The molecule has 0 aliphatic rings. The summed E-state index contributed by atoms with van der Waals surface area (Å²) in [4.78, 5) is 11.1. The standard InChI is InChI=1S/C20H31ClO3S/c21-18-14-11-12-15-19(18)25(24)17-13-9-7-5-3-1-2-4-6-8-10-16-20(22)23/h11-12,14-15H,1-10,13,16-17H2,(H,22,23). The van der Waals surface area contributed by atoms with Crippen molar-refractivity contribution in [3.8, 4) is 0 Å². The van der Waals surface area contributed by atoms with Gasteiger partial charge in [0.2, 0.25) is 0 Å². The van der Waals surface area contributed by atoms with Crippen LogP contribution in [-0.2, 0) is 16.0 Å². The molecule has 0 saturated heterocycles. The predicted molar refractivity (Wildman–Crippen MR) is 106 cm³/mol. The number of carboxylic acids is 1. The van der Waals surface area contributed by atoms with Gasteiger partial charge in [0.1, 0.15) is 5.75 Å². The van der Waals surface area contributed by atoms with Crippen LogP contribution < -0.4 is 0 Å². The lowest BCUT2D eigenvalue weighted by Gasteiger charge is -2.11. The number of hydrogen-bond donors (Lipinski definition) is 1. The van der Waals surface area contributed by atoms with Gasteiger partial charge in [-0.1, -0.05) is 75.1 Å². The van der Waals surface area contributed by atoms with E-state index < -0.39 is 17.1 Å². The Morgan fingerprint density at radius 1 is 0.880 bits per heavy atom. The van der Waals surface area contributed by atoms with Gasteiger partial charge in [0.25, 0.3) is 0 Å². The van der Waals surface area contributed by atoms with Gasteiger partial charge in [-0.05, 0) is 42.6 Å². The SMILES string of the molecule is O=C(O)CCCCCCCCCCCCC[S+]([O-])c1ccccc1Cl. The second-order valence-corrected chi connectivity index (χ2v) is 8.46. The summed E-state index contributed by atoms with van der Waals surface area (Å²) in [6.07, 6.45) is 12.9. The highest BCUT2D eigenvalue weighted by atomic mass is 35.5. The maximum Gasteiger partial charge on any atom is 0.303 e. The quantitative estimate of drug-likeness (QED) is 0.287. The van der Waals surface area contributed by atoms with E-state index in [1.807, 2.05) is 18.2 Å². The van der Waals surface area contributed by atoms with Crippen LogP contribution in [0.5, 0.6) is 0 Å².